The molecule has 8 heteroatoms. The Hall–Kier alpha value is -2.89. The summed E-state index contributed by atoms with van der Waals surface area (Å²) in [5, 5.41) is 11.6. The van der Waals surface area contributed by atoms with Crippen molar-refractivity contribution >= 4 is 15.8 Å². The molecule has 1 amide bonds. The lowest BCUT2D eigenvalue weighted by Crippen LogP contribution is -2.47. The highest BCUT2D eigenvalue weighted by atomic mass is 32.2. The number of ether oxygens (including phenoxy) is 1. The van der Waals surface area contributed by atoms with Crippen LogP contribution in [0.4, 0.5) is 4.79 Å². The first kappa shape index (κ1) is 21.3. The van der Waals surface area contributed by atoms with E-state index in [0.717, 1.165) is 0 Å². The molecule has 2 aliphatic rings. The van der Waals surface area contributed by atoms with E-state index in [-0.39, 0.29) is 18.6 Å². The first-order chi connectivity index (χ1) is 15.0. The Balaban J connectivity index is 1.30. The van der Waals surface area contributed by atoms with Gasteiger partial charge in [0.25, 0.3) is 0 Å². The van der Waals surface area contributed by atoms with Crippen molar-refractivity contribution in [3.8, 4) is 17.3 Å². The van der Waals surface area contributed by atoms with E-state index >= 15 is 0 Å². The van der Waals surface area contributed by atoms with Crippen LogP contribution in [-0.4, -0.2) is 59.0 Å². The summed E-state index contributed by atoms with van der Waals surface area (Å²) in [5.41, 5.74) is 4.77. The quantitative estimate of drug-likeness (QED) is 0.724. The third-order valence-electron chi connectivity index (χ3n) is 5.90. The van der Waals surface area contributed by atoms with Gasteiger partial charge in [0.1, 0.15) is 6.61 Å². The van der Waals surface area contributed by atoms with Gasteiger partial charge >= 0.3 is 6.09 Å². The van der Waals surface area contributed by atoms with Gasteiger partial charge in [0.2, 0.25) is 6.19 Å². The van der Waals surface area contributed by atoms with Gasteiger partial charge < -0.3 is 10.1 Å². The number of nitrogens with one attached hydrogen (secondary N) is 1. The molecule has 1 saturated heterocycles. The Morgan fingerprint density at radius 3 is 2.35 bits per heavy atom. The topological polar surface area (TPSA) is 94.8 Å². The molecule has 1 N–H and O–H groups in total. The van der Waals surface area contributed by atoms with Gasteiger partial charge in [-0.2, -0.15) is 5.26 Å². The molecule has 1 fully saturated rings. The molecule has 0 bridgehead atoms. The molecule has 1 aliphatic heterocycles. The number of alkyl carbamates (subject to hydrolysis) is 1. The van der Waals surface area contributed by atoms with Crippen molar-refractivity contribution in [1.82, 2.24) is 10.2 Å². The number of benzene rings is 2. The van der Waals surface area contributed by atoms with Crippen LogP contribution >= 0.6 is 0 Å². The maximum absolute atomic E-state index is 12.4. The van der Waals surface area contributed by atoms with Crippen LogP contribution in [0.25, 0.3) is 11.1 Å². The fraction of sp³-hybridized carbons (Fsp3) is 0.391. The summed E-state index contributed by atoms with van der Waals surface area (Å²) in [4.78, 5) is 14.5. The Morgan fingerprint density at radius 2 is 1.77 bits per heavy atom. The molecule has 0 radical (unpaired) electrons. The van der Waals surface area contributed by atoms with E-state index in [4.69, 9.17) is 10.00 Å². The van der Waals surface area contributed by atoms with Crippen molar-refractivity contribution in [2.24, 2.45) is 4.36 Å². The molecule has 31 heavy (non-hydrogen) atoms. The maximum Gasteiger partial charge on any atom is 0.407 e. The van der Waals surface area contributed by atoms with E-state index in [1.165, 1.54) is 22.3 Å². The number of hydrogen-bond acceptors (Lipinski definition) is 6. The second-order valence-electron chi connectivity index (χ2n) is 8.04. The number of amides is 1. The molecular formula is C23H26N4O3S. The van der Waals surface area contributed by atoms with Crippen LogP contribution < -0.4 is 5.32 Å². The minimum atomic E-state index is -2.39. The van der Waals surface area contributed by atoms with E-state index < -0.39 is 15.8 Å². The van der Waals surface area contributed by atoms with Crippen molar-refractivity contribution in [2.45, 2.75) is 18.9 Å². The van der Waals surface area contributed by atoms with Gasteiger partial charge in [0.15, 0.2) is 0 Å². The molecule has 1 atom stereocenters. The van der Waals surface area contributed by atoms with Crippen LogP contribution in [0.15, 0.2) is 52.9 Å². The van der Waals surface area contributed by atoms with Crippen LogP contribution in [0.5, 0.6) is 0 Å². The van der Waals surface area contributed by atoms with Crippen molar-refractivity contribution in [1.29, 1.82) is 5.26 Å². The van der Waals surface area contributed by atoms with Gasteiger partial charge in [-0.3, -0.25) is 4.90 Å². The monoisotopic (exact) mass is 438 g/mol. The molecule has 162 valence electrons. The largest absolute Gasteiger partial charge is 0.449 e. The first-order valence-corrected chi connectivity index (χ1v) is 12.3. The van der Waals surface area contributed by atoms with Crippen LogP contribution in [-0.2, 0) is 14.5 Å². The molecule has 2 aromatic rings. The standard InChI is InChI=1S/C23H26N4O3S/c1-17(14-27-10-12-31(29,13-11-27)25-16-24)26-23(28)30-15-22-20-8-4-2-6-18(20)19-7-3-5-9-21(19)22/h2-9,17,22H,10-15H2,1H3,(H,26,28)/t17-/m0/s1. The highest BCUT2D eigenvalue weighted by molar-refractivity contribution is 7.93. The average Bonchev–Trinajstić information content (AvgIpc) is 3.08. The van der Waals surface area contributed by atoms with E-state index in [1.807, 2.05) is 31.2 Å². The molecule has 2 aromatic carbocycles. The van der Waals surface area contributed by atoms with Crippen molar-refractivity contribution < 1.29 is 13.7 Å². The fourth-order valence-corrected chi connectivity index (χ4v) is 6.00. The lowest BCUT2D eigenvalue weighted by atomic mass is 9.98. The van der Waals surface area contributed by atoms with Gasteiger partial charge in [-0.15, -0.1) is 4.36 Å². The zero-order chi connectivity index (χ0) is 21.8. The second kappa shape index (κ2) is 9.08. The van der Waals surface area contributed by atoms with Crippen LogP contribution in [0.2, 0.25) is 0 Å². The van der Waals surface area contributed by atoms with Crippen LogP contribution in [0, 0.1) is 11.5 Å². The van der Waals surface area contributed by atoms with Crippen molar-refractivity contribution in [2.75, 3.05) is 37.7 Å². The first-order valence-electron chi connectivity index (χ1n) is 10.4. The van der Waals surface area contributed by atoms with Gasteiger partial charge in [0, 0.05) is 43.1 Å². The van der Waals surface area contributed by atoms with Gasteiger partial charge in [0.05, 0.1) is 9.73 Å². The minimum absolute atomic E-state index is 0.0348. The minimum Gasteiger partial charge on any atom is -0.449 e. The summed E-state index contributed by atoms with van der Waals surface area (Å²) in [6.45, 7) is 4.04. The fourth-order valence-electron chi connectivity index (χ4n) is 4.38. The zero-order valence-electron chi connectivity index (χ0n) is 17.5. The molecule has 1 aliphatic carbocycles. The zero-order valence-corrected chi connectivity index (χ0v) is 18.3. The summed E-state index contributed by atoms with van der Waals surface area (Å²) in [6, 6.07) is 16.4. The molecule has 1 heterocycles. The highest BCUT2D eigenvalue weighted by Gasteiger charge is 2.29. The SMILES string of the molecule is C[C@@H](CN1CCS(=O)(=NC#N)CC1)NC(=O)OCC1c2ccccc2-c2ccccc21. The molecular weight excluding hydrogens is 412 g/mol. The maximum atomic E-state index is 12.4. The summed E-state index contributed by atoms with van der Waals surface area (Å²) in [6.07, 6.45) is 1.23. The molecule has 0 spiro atoms. The average molecular weight is 439 g/mol. The van der Waals surface area contributed by atoms with E-state index in [9.17, 15) is 9.00 Å². The molecule has 0 unspecified atom stereocenters. The molecule has 4 rings (SSSR count). The number of nitriles is 1. The molecule has 0 saturated carbocycles. The third-order valence-corrected chi connectivity index (χ3v) is 7.96. The van der Waals surface area contributed by atoms with Gasteiger partial charge in [-0.1, -0.05) is 48.5 Å². The lowest BCUT2D eigenvalue weighted by molar-refractivity contribution is 0.136. The van der Waals surface area contributed by atoms with Crippen molar-refractivity contribution in [3.05, 3.63) is 59.7 Å². The Morgan fingerprint density at radius 1 is 1.19 bits per heavy atom. The Kier molecular flexibility index (Phi) is 6.25. The number of fused-ring (bicyclic) bond motifs is 3. The second-order valence-corrected chi connectivity index (χ2v) is 10.6. The van der Waals surface area contributed by atoms with E-state index in [1.54, 1.807) is 6.19 Å². The number of carbonyl (C=O) groups is 1. The van der Waals surface area contributed by atoms with Crippen molar-refractivity contribution in [3.63, 3.8) is 0 Å². The predicted molar refractivity (Wildman–Crippen MR) is 120 cm³/mol. The lowest BCUT2D eigenvalue weighted by Gasteiger charge is -2.30. The number of hydrogen-bond donors (Lipinski definition) is 1. The molecule has 0 aromatic heterocycles. The third kappa shape index (κ3) is 4.73. The van der Waals surface area contributed by atoms with E-state index in [2.05, 4.69) is 38.8 Å². The van der Waals surface area contributed by atoms with Gasteiger partial charge in [-0.25, -0.2) is 9.00 Å². The van der Waals surface area contributed by atoms with Gasteiger partial charge in [-0.05, 0) is 29.2 Å². The predicted octanol–water partition coefficient (Wildman–Crippen LogP) is 3.18. The highest BCUT2D eigenvalue weighted by Crippen LogP contribution is 2.44. The van der Waals surface area contributed by atoms with Crippen LogP contribution in [0.1, 0.15) is 24.0 Å². The number of carbonyl (C=O) groups excluding carboxylic acids is 1. The van der Waals surface area contributed by atoms with E-state index in [0.29, 0.717) is 31.1 Å². The van der Waals surface area contributed by atoms with Crippen LogP contribution in [0.3, 0.4) is 0 Å². The smallest absolute Gasteiger partial charge is 0.407 e. The summed E-state index contributed by atoms with van der Waals surface area (Å²) < 4.78 is 21.5. The number of nitrogens with zero attached hydrogens (tertiary/aromatic N) is 3. The number of rotatable bonds is 5. The Bertz CT molecular complexity index is 1070. The summed E-state index contributed by atoms with van der Waals surface area (Å²) in [7, 11) is -2.39. The normalized spacial score (nSPS) is 18.3. The summed E-state index contributed by atoms with van der Waals surface area (Å²) >= 11 is 0. The molecule has 7 nitrogen and oxygen atoms in total. The summed E-state index contributed by atoms with van der Waals surface area (Å²) in [5.74, 6) is 0.809. The Labute approximate surface area is 183 Å².